The summed E-state index contributed by atoms with van der Waals surface area (Å²) in [5.74, 6) is -0.192. The maximum absolute atomic E-state index is 12.1. The second-order valence-electron chi connectivity index (χ2n) is 4.61. The fourth-order valence-corrected chi connectivity index (χ4v) is 2.90. The highest BCUT2D eigenvalue weighted by molar-refractivity contribution is 7.89. The van der Waals surface area contributed by atoms with Crippen molar-refractivity contribution in [3.05, 3.63) is 23.8 Å². The van der Waals surface area contributed by atoms with Crippen LogP contribution in [0.5, 0.6) is 0 Å². The van der Waals surface area contributed by atoms with Gasteiger partial charge in [-0.15, -0.1) is 0 Å². The van der Waals surface area contributed by atoms with Crippen LogP contribution >= 0.6 is 0 Å². The Morgan fingerprint density at radius 3 is 2.62 bits per heavy atom. The van der Waals surface area contributed by atoms with Gasteiger partial charge in [-0.2, -0.15) is 0 Å². The van der Waals surface area contributed by atoms with Crippen LogP contribution in [0, 0.1) is 6.92 Å². The second-order valence-corrected chi connectivity index (χ2v) is 6.37. The molecule has 1 amide bonds. The molecule has 1 aromatic carbocycles. The third kappa shape index (κ3) is 5.82. The summed E-state index contributed by atoms with van der Waals surface area (Å²) in [6, 6.07) is 4.60. The first-order chi connectivity index (χ1) is 9.86. The predicted octanol–water partition coefficient (Wildman–Crippen LogP) is 1.66. The maximum atomic E-state index is 12.1. The first-order valence-corrected chi connectivity index (χ1v) is 8.30. The van der Waals surface area contributed by atoms with E-state index in [9.17, 15) is 13.2 Å². The van der Waals surface area contributed by atoms with Gasteiger partial charge in [0.15, 0.2) is 0 Å². The fraction of sp³-hybridized carbons (Fsp3) is 0.500. The van der Waals surface area contributed by atoms with Gasteiger partial charge in [0, 0.05) is 32.4 Å². The highest BCUT2D eigenvalue weighted by Crippen LogP contribution is 2.19. The largest absolute Gasteiger partial charge is 0.382 e. The van der Waals surface area contributed by atoms with E-state index < -0.39 is 10.0 Å². The molecule has 0 fully saturated rings. The van der Waals surface area contributed by atoms with Crippen molar-refractivity contribution in [2.75, 3.05) is 25.1 Å². The maximum Gasteiger partial charge on any atom is 0.240 e. The van der Waals surface area contributed by atoms with Crippen LogP contribution in [0.4, 0.5) is 5.69 Å². The first kappa shape index (κ1) is 17.6. The molecule has 0 bridgehead atoms. The average Bonchev–Trinajstić information content (AvgIpc) is 2.40. The van der Waals surface area contributed by atoms with Crippen molar-refractivity contribution in [1.82, 2.24) is 4.72 Å². The van der Waals surface area contributed by atoms with Crippen LogP contribution in [0.1, 0.15) is 25.8 Å². The van der Waals surface area contributed by atoms with Crippen molar-refractivity contribution in [1.29, 1.82) is 0 Å². The minimum absolute atomic E-state index is 0.186. The quantitative estimate of drug-likeness (QED) is 0.715. The lowest BCUT2D eigenvalue weighted by molar-refractivity contribution is -0.114. The van der Waals surface area contributed by atoms with Gasteiger partial charge in [-0.25, -0.2) is 13.1 Å². The number of ether oxygens (including phenoxy) is 1. The number of carbonyl (C=O) groups excluding carboxylic acids is 1. The highest BCUT2D eigenvalue weighted by Gasteiger charge is 2.14. The summed E-state index contributed by atoms with van der Waals surface area (Å²) in [5, 5.41) is 2.65. The third-order valence-electron chi connectivity index (χ3n) is 2.78. The van der Waals surface area contributed by atoms with Crippen molar-refractivity contribution in [3.8, 4) is 0 Å². The Hall–Kier alpha value is -1.44. The number of amides is 1. The van der Waals surface area contributed by atoms with E-state index in [-0.39, 0.29) is 10.8 Å². The molecule has 1 rings (SSSR count). The van der Waals surface area contributed by atoms with E-state index in [0.29, 0.717) is 37.4 Å². The Labute approximate surface area is 125 Å². The highest BCUT2D eigenvalue weighted by atomic mass is 32.2. The molecule has 6 nitrogen and oxygen atoms in total. The monoisotopic (exact) mass is 314 g/mol. The molecule has 0 aliphatic carbocycles. The van der Waals surface area contributed by atoms with Gasteiger partial charge in [-0.1, -0.05) is 0 Å². The van der Waals surface area contributed by atoms with Crippen molar-refractivity contribution < 1.29 is 17.9 Å². The molecule has 0 unspecified atom stereocenters. The van der Waals surface area contributed by atoms with Crippen LogP contribution in [-0.2, 0) is 19.6 Å². The first-order valence-electron chi connectivity index (χ1n) is 6.82. The lowest BCUT2D eigenvalue weighted by Crippen LogP contribution is -2.25. The molecule has 0 aromatic heterocycles. The number of anilines is 1. The minimum atomic E-state index is -3.53. The summed E-state index contributed by atoms with van der Waals surface area (Å²) < 4.78 is 31.9. The lowest BCUT2D eigenvalue weighted by atomic mass is 10.2. The second kappa shape index (κ2) is 8.11. The van der Waals surface area contributed by atoms with Gasteiger partial charge in [0.1, 0.15) is 0 Å². The van der Waals surface area contributed by atoms with Gasteiger partial charge < -0.3 is 10.1 Å². The summed E-state index contributed by atoms with van der Waals surface area (Å²) in [5.41, 5.74) is 1.31. The van der Waals surface area contributed by atoms with Gasteiger partial charge in [-0.05, 0) is 44.0 Å². The van der Waals surface area contributed by atoms with Crippen molar-refractivity contribution >= 4 is 21.6 Å². The van der Waals surface area contributed by atoms with Crippen LogP contribution in [0.25, 0.3) is 0 Å². The zero-order valence-corrected chi connectivity index (χ0v) is 13.4. The molecule has 0 atom stereocenters. The molecular formula is C14H22N2O4S. The van der Waals surface area contributed by atoms with Gasteiger partial charge in [-0.3, -0.25) is 4.79 Å². The van der Waals surface area contributed by atoms with E-state index >= 15 is 0 Å². The summed E-state index contributed by atoms with van der Waals surface area (Å²) in [6.45, 7) is 6.53. The number of benzene rings is 1. The molecule has 0 spiro atoms. The predicted molar refractivity (Wildman–Crippen MR) is 81.8 cm³/mol. The van der Waals surface area contributed by atoms with Crippen LogP contribution in [0.3, 0.4) is 0 Å². The van der Waals surface area contributed by atoms with Crippen LogP contribution in [0.2, 0.25) is 0 Å². The van der Waals surface area contributed by atoms with Crippen LogP contribution in [-0.4, -0.2) is 34.1 Å². The number of rotatable bonds is 8. The SMILES string of the molecule is CCOCCCNS(=O)(=O)c1ccc(NC(C)=O)c(C)c1. The molecule has 0 aliphatic rings. The molecular weight excluding hydrogens is 292 g/mol. The number of sulfonamides is 1. The Balaban J connectivity index is 2.70. The van der Waals surface area contributed by atoms with E-state index in [1.54, 1.807) is 13.0 Å². The Morgan fingerprint density at radius 1 is 1.33 bits per heavy atom. The molecule has 0 saturated carbocycles. The number of carbonyl (C=O) groups is 1. The summed E-state index contributed by atoms with van der Waals surface area (Å²) in [6.07, 6.45) is 0.621. The Kier molecular flexibility index (Phi) is 6.80. The molecule has 0 saturated heterocycles. The molecule has 0 aliphatic heterocycles. The Bertz CT molecular complexity index is 585. The zero-order valence-electron chi connectivity index (χ0n) is 12.6. The normalized spacial score (nSPS) is 11.4. The molecule has 2 N–H and O–H groups in total. The zero-order chi connectivity index (χ0) is 15.9. The molecule has 0 heterocycles. The van der Waals surface area contributed by atoms with E-state index in [1.165, 1.54) is 19.1 Å². The van der Waals surface area contributed by atoms with E-state index in [0.717, 1.165) is 0 Å². The minimum Gasteiger partial charge on any atom is -0.382 e. The van der Waals surface area contributed by atoms with Gasteiger partial charge >= 0.3 is 0 Å². The van der Waals surface area contributed by atoms with Crippen LogP contribution < -0.4 is 10.0 Å². The fourth-order valence-electron chi connectivity index (χ4n) is 1.74. The number of hydrogen-bond acceptors (Lipinski definition) is 4. The van der Waals surface area contributed by atoms with E-state index in [2.05, 4.69) is 10.0 Å². The topological polar surface area (TPSA) is 84.5 Å². The average molecular weight is 314 g/mol. The molecule has 7 heteroatoms. The van der Waals surface area contributed by atoms with E-state index in [4.69, 9.17) is 4.74 Å². The van der Waals surface area contributed by atoms with E-state index in [1.807, 2.05) is 6.92 Å². The standard InChI is InChI=1S/C14H22N2O4S/c1-4-20-9-5-8-15-21(18,19)13-6-7-14(11(2)10-13)16-12(3)17/h6-7,10,15H,4-5,8-9H2,1-3H3,(H,16,17). The lowest BCUT2D eigenvalue weighted by Gasteiger charge is -2.10. The van der Waals surface area contributed by atoms with Crippen LogP contribution in [0.15, 0.2) is 23.1 Å². The van der Waals surface area contributed by atoms with Gasteiger partial charge in [0.2, 0.25) is 15.9 Å². The number of hydrogen-bond donors (Lipinski definition) is 2. The van der Waals surface area contributed by atoms with Crippen molar-refractivity contribution in [3.63, 3.8) is 0 Å². The van der Waals surface area contributed by atoms with Crippen molar-refractivity contribution in [2.24, 2.45) is 0 Å². The number of aryl methyl sites for hydroxylation is 1. The summed E-state index contributed by atoms with van der Waals surface area (Å²) in [4.78, 5) is 11.2. The van der Waals surface area contributed by atoms with Gasteiger partial charge in [0.25, 0.3) is 0 Å². The summed E-state index contributed by atoms with van der Waals surface area (Å²) in [7, 11) is -3.53. The molecule has 0 radical (unpaired) electrons. The third-order valence-corrected chi connectivity index (χ3v) is 4.24. The molecule has 118 valence electrons. The smallest absolute Gasteiger partial charge is 0.240 e. The van der Waals surface area contributed by atoms with Gasteiger partial charge in [0.05, 0.1) is 4.90 Å². The van der Waals surface area contributed by atoms with Crippen molar-refractivity contribution in [2.45, 2.75) is 32.1 Å². The molecule has 1 aromatic rings. The Morgan fingerprint density at radius 2 is 2.05 bits per heavy atom. The molecule has 21 heavy (non-hydrogen) atoms. The summed E-state index contributed by atoms with van der Waals surface area (Å²) >= 11 is 0. The number of nitrogens with one attached hydrogen (secondary N) is 2.